The van der Waals surface area contributed by atoms with Crippen molar-refractivity contribution >= 4 is 33.6 Å². The first-order chi connectivity index (χ1) is 10.1. The molecule has 0 aliphatic carbocycles. The molecule has 2 saturated heterocycles. The fourth-order valence-corrected chi connectivity index (χ4v) is 3.27. The highest BCUT2D eigenvalue weighted by atomic mass is 79.9. The quantitative estimate of drug-likeness (QED) is 0.884. The number of halogens is 1. The van der Waals surface area contributed by atoms with E-state index in [9.17, 15) is 9.59 Å². The first-order valence-electron chi connectivity index (χ1n) is 7.05. The van der Waals surface area contributed by atoms with Gasteiger partial charge in [-0.15, -0.1) is 0 Å². The van der Waals surface area contributed by atoms with E-state index in [0.29, 0.717) is 18.8 Å². The Morgan fingerprint density at radius 3 is 3.14 bits per heavy atom. The van der Waals surface area contributed by atoms with E-state index in [0.717, 1.165) is 30.5 Å². The maximum atomic E-state index is 12.1. The van der Waals surface area contributed by atoms with Gasteiger partial charge < -0.3 is 10.2 Å². The van der Waals surface area contributed by atoms with E-state index >= 15 is 0 Å². The zero-order valence-corrected chi connectivity index (χ0v) is 13.2. The lowest BCUT2D eigenvalue weighted by atomic mass is 10.1. The Morgan fingerprint density at radius 1 is 1.48 bits per heavy atom. The molecule has 112 valence electrons. The number of piperazine rings is 1. The van der Waals surface area contributed by atoms with Gasteiger partial charge in [-0.2, -0.15) is 0 Å². The lowest BCUT2D eigenvalue weighted by Gasteiger charge is -2.37. The Balaban J connectivity index is 1.53. The van der Waals surface area contributed by atoms with Gasteiger partial charge in [-0.05, 0) is 18.6 Å². The van der Waals surface area contributed by atoms with Gasteiger partial charge in [-0.1, -0.05) is 15.9 Å². The number of hydrogen-bond donors (Lipinski definition) is 1. The van der Waals surface area contributed by atoms with Crippen molar-refractivity contribution in [1.29, 1.82) is 0 Å². The molecule has 2 aliphatic rings. The lowest BCUT2D eigenvalue weighted by Crippen LogP contribution is -2.52. The van der Waals surface area contributed by atoms with Crippen molar-refractivity contribution in [1.82, 2.24) is 14.8 Å². The number of fused-ring (bicyclic) bond motifs is 1. The normalized spacial score (nSPS) is 22.2. The number of pyridine rings is 1. The third kappa shape index (κ3) is 3.41. The van der Waals surface area contributed by atoms with Crippen LogP contribution < -0.4 is 5.32 Å². The highest BCUT2D eigenvalue weighted by Gasteiger charge is 2.35. The van der Waals surface area contributed by atoms with Crippen molar-refractivity contribution in [3.8, 4) is 0 Å². The molecule has 0 saturated carbocycles. The van der Waals surface area contributed by atoms with Gasteiger partial charge >= 0.3 is 0 Å². The highest BCUT2D eigenvalue weighted by molar-refractivity contribution is 9.10. The summed E-state index contributed by atoms with van der Waals surface area (Å²) >= 11 is 3.35. The van der Waals surface area contributed by atoms with Crippen LogP contribution in [0.4, 0.5) is 5.82 Å². The van der Waals surface area contributed by atoms with Crippen LogP contribution in [0.2, 0.25) is 0 Å². The molecule has 1 atom stereocenters. The summed E-state index contributed by atoms with van der Waals surface area (Å²) in [6, 6.07) is 3.86. The molecule has 0 aromatic carbocycles. The van der Waals surface area contributed by atoms with Crippen LogP contribution in [0, 0.1) is 0 Å². The number of carbonyl (C=O) groups is 2. The lowest BCUT2D eigenvalue weighted by molar-refractivity contribution is -0.130. The minimum absolute atomic E-state index is 0.0710. The Bertz CT molecular complexity index is 566. The fourth-order valence-electron chi connectivity index (χ4n) is 2.93. The molecule has 2 amide bonds. The van der Waals surface area contributed by atoms with Gasteiger partial charge in [0.25, 0.3) is 0 Å². The summed E-state index contributed by atoms with van der Waals surface area (Å²) in [6.45, 7) is 2.60. The first kappa shape index (κ1) is 14.5. The molecule has 7 heteroatoms. The monoisotopic (exact) mass is 352 g/mol. The van der Waals surface area contributed by atoms with Gasteiger partial charge in [0.2, 0.25) is 11.8 Å². The average Bonchev–Trinajstić information content (AvgIpc) is 2.80. The molecule has 0 bridgehead atoms. The average molecular weight is 353 g/mol. The molecule has 3 rings (SSSR count). The molecule has 1 unspecified atom stereocenters. The second-order valence-electron chi connectivity index (χ2n) is 5.42. The van der Waals surface area contributed by atoms with E-state index in [2.05, 4.69) is 31.1 Å². The summed E-state index contributed by atoms with van der Waals surface area (Å²) in [4.78, 5) is 31.8. The molecule has 21 heavy (non-hydrogen) atoms. The number of nitrogens with one attached hydrogen (secondary N) is 1. The molecule has 2 fully saturated rings. The third-order valence-electron chi connectivity index (χ3n) is 3.94. The summed E-state index contributed by atoms with van der Waals surface area (Å²) in [5.41, 5.74) is 0. The maximum Gasteiger partial charge on any atom is 0.239 e. The molecule has 6 nitrogen and oxygen atoms in total. The number of carbonyl (C=O) groups excluding carboxylic acids is 2. The minimum atomic E-state index is -0.0710. The summed E-state index contributed by atoms with van der Waals surface area (Å²) < 4.78 is 0.880. The van der Waals surface area contributed by atoms with Crippen LogP contribution in [-0.2, 0) is 9.59 Å². The van der Waals surface area contributed by atoms with E-state index in [1.165, 1.54) is 0 Å². The molecular weight excluding hydrogens is 336 g/mol. The van der Waals surface area contributed by atoms with E-state index in [4.69, 9.17) is 0 Å². The van der Waals surface area contributed by atoms with Crippen molar-refractivity contribution < 1.29 is 9.59 Å². The molecule has 2 aliphatic heterocycles. The number of anilines is 1. The van der Waals surface area contributed by atoms with Crippen LogP contribution in [0.3, 0.4) is 0 Å². The number of nitrogens with zero attached hydrogens (tertiary/aromatic N) is 3. The zero-order chi connectivity index (χ0) is 14.8. The van der Waals surface area contributed by atoms with Crippen molar-refractivity contribution in [2.24, 2.45) is 0 Å². The van der Waals surface area contributed by atoms with Crippen molar-refractivity contribution in [3.05, 3.63) is 22.8 Å². The fraction of sp³-hybridized carbons (Fsp3) is 0.500. The Kier molecular flexibility index (Phi) is 4.21. The van der Waals surface area contributed by atoms with Crippen LogP contribution in [0.25, 0.3) is 0 Å². The highest BCUT2D eigenvalue weighted by Crippen LogP contribution is 2.22. The van der Waals surface area contributed by atoms with Gasteiger partial charge in [-0.25, -0.2) is 4.98 Å². The van der Waals surface area contributed by atoms with Crippen molar-refractivity contribution in [2.75, 3.05) is 31.5 Å². The SMILES string of the molecule is O=C(CN1CCN2C(=O)CCC2C1)Nc1cc(Br)ccn1. The van der Waals surface area contributed by atoms with Crippen molar-refractivity contribution in [3.63, 3.8) is 0 Å². The minimum Gasteiger partial charge on any atom is -0.337 e. The largest absolute Gasteiger partial charge is 0.337 e. The standard InChI is InChI=1S/C14H17BrN4O2/c15-10-3-4-16-12(7-10)17-13(20)9-18-5-6-19-11(8-18)1-2-14(19)21/h3-4,7,11H,1-2,5-6,8-9H2,(H,16,17,20). The molecule has 0 spiro atoms. The van der Waals surface area contributed by atoms with Gasteiger partial charge in [0.05, 0.1) is 6.54 Å². The second kappa shape index (κ2) is 6.11. The molecular formula is C14H17BrN4O2. The van der Waals surface area contributed by atoms with Crippen LogP contribution >= 0.6 is 15.9 Å². The van der Waals surface area contributed by atoms with Gasteiger partial charge in [0, 0.05) is 42.8 Å². The second-order valence-corrected chi connectivity index (χ2v) is 6.34. The topological polar surface area (TPSA) is 65.5 Å². The predicted octanol–water partition coefficient (Wildman–Crippen LogP) is 1.09. The number of rotatable bonds is 3. The van der Waals surface area contributed by atoms with E-state index < -0.39 is 0 Å². The van der Waals surface area contributed by atoms with Gasteiger partial charge in [0.1, 0.15) is 5.82 Å². The Morgan fingerprint density at radius 2 is 2.33 bits per heavy atom. The van der Waals surface area contributed by atoms with E-state index in [-0.39, 0.29) is 17.9 Å². The Hall–Kier alpha value is -1.47. The van der Waals surface area contributed by atoms with E-state index in [1.54, 1.807) is 12.3 Å². The maximum absolute atomic E-state index is 12.1. The molecule has 0 radical (unpaired) electrons. The number of aromatic nitrogens is 1. The van der Waals surface area contributed by atoms with Crippen LogP contribution in [0.1, 0.15) is 12.8 Å². The third-order valence-corrected chi connectivity index (χ3v) is 4.43. The van der Waals surface area contributed by atoms with Crippen LogP contribution in [-0.4, -0.2) is 58.8 Å². The first-order valence-corrected chi connectivity index (χ1v) is 7.84. The Labute approximate surface area is 131 Å². The zero-order valence-electron chi connectivity index (χ0n) is 11.6. The number of hydrogen-bond acceptors (Lipinski definition) is 4. The van der Waals surface area contributed by atoms with E-state index in [1.807, 2.05) is 11.0 Å². The predicted molar refractivity (Wildman–Crippen MR) is 81.7 cm³/mol. The summed E-state index contributed by atoms with van der Waals surface area (Å²) in [5.74, 6) is 0.727. The van der Waals surface area contributed by atoms with Crippen molar-refractivity contribution in [2.45, 2.75) is 18.9 Å². The summed E-state index contributed by atoms with van der Waals surface area (Å²) in [7, 11) is 0. The van der Waals surface area contributed by atoms with Crippen LogP contribution in [0.5, 0.6) is 0 Å². The molecule has 1 N–H and O–H groups in total. The summed E-state index contributed by atoms with van der Waals surface area (Å²) in [5, 5.41) is 2.80. The van der Waals surface area contributed by atoms with Crippen LogP contribution in [0.15, 0.2) is 22.8 Å². The molecule has 1 aromatic rings. The van der Waals surface area contributed by atoms with Gasteiger partial charge in [0.15, 0.2) is 0 Å². The molecule has 3 heterocycles. The summed E-state index contributed by atoms with van der Waals surface area (Å²) in [6.07, 6.45) is 3.19. The smallest absolute Gasteiger partial charge is 0.239 e. The number of amides is 2. The van der Waals surface area contributed by atoms with Gasteiger partial charge in [-0.3, -0.25) is 14.5 Å². The molecule has 1 aromatic heterocycles.